The smallest absolute Gasteiger partial charge is 0.343 e. The van der Waals surface area contributed by atoms with Gasteiger partial charge in [0.05, 0.1) is 12.3 Å². The molecule has 0 radical (unpaired) electrons. The second-order valence-electron chi connectivity index (χ2n) is 3.59. The number of hydrogen-bond acceptors (Lipinski definition) is 3. The Morgan fingerprint density at radius 3 is 2.50 bits per heavy atom. The summed E-state index contributed by atoms with van der Waals surface area (Å²) in [5.41, 5.74) is -0.0738. The van der Waals surface area contributed by atoms with Crippen LogP contribution in [0.15, 0.2) is 29.1 Å². The topological polar surface area (TPSA) is 95.2 Å². The number of benzene rings is 1. The normalized spacial score (nSPS) is 10.3. The minimum atomic E-state index is -1.26. The number of aromatic amines is 2. The van der Waals surface area contributed by atoms with Gasteiger partial charge in [-0.1, -0.05) is 0 Å². The zero-order valence-electron chi connectivity index (χ0n) is 9.69. The number of carbonyl (C=O) groups is 1. The molecule has 1 aromatic carbocycles. The van der Waals surface area contributed by atoms with Crippen molar-refractivity contribution in [3.63, 3.8) is 0 Å². The molecule has 0 bridgehead atoms. The van der Waals surface area contributed by atoms with Crippen LogP contribution < -0.4 is 10.3 Å². The van der Waals surface area contributed by atoms with E-state index in [0.29, 0.717) is 17.9 Å². The Labute approximate surface area is 102 Å². The third kappa shape index (κ3) is 2.13. The minimum absolute atomic E-state index is 0.260. The van der Waals surface area contributed by atoms with Gasteiger partial charge in [0, 0.05) is 5.56 Å². The largest absolute Gasteiger partial charge is 0.494 e. The molecule has 0 aliphatic heterocycles. The van der Waals surface area contributed by atoms with E-state index in [4.69, 9.17) is 9.84 Å². The average Bonchev–Trinajstić information content (AvgIpc) is 2.73. The maximum absolute atomic E-state index is 11.3. The molecule has 94 valence electrons. The molecule has 0 amide bonds. The Hall–Kier alpha value is -2.50. The highest BCUT2D eigenvalue weighted by Crippen LogP contribution is 2.22. The summed E-state index contributed by atoms with van der Waals surface area (Å²) in [6.45, 7) is 2.43. The summed E-state index contributed by atoms with van der Waals surface area (Å²) in [7, 11) is 0. The van der Waals surface area contributed by atoms with Crippen molar-refractivity contribution in [1.29, 1.82) is 0 Å². The Bertz CT molecular complexity index is 610. The number of ether oxygens (including phenoxy) is 1. The van der Waals surface area contributed by atoms with E-state index in [-0.39, 0.29) is 11.3 Å². The molecule has 0 aliphatic carbocycles. The number of hydrogen-bond donors (Lipinski definition) is 3. The first-order valence-electron chi connectivity index (χ1n) is 5.40. The van der Waals surface area contributed by atoms with E-state index in [1.807, 2.05) is 6.92 Å². The predicted octanol–water partition coefficient (Wildman–Crippen LogP) is 1.47. The SMILES string of the molecule is CCOc1ccc(-c2[nH][nH]c(=O)c2C(=O)O)cc1. The molecular formula is C12H12N2O4. The van der Waals surface area contributed by atoms with Gasteiger partial charge in [0.25, 0.3) is 5.56 Å². The van der Waals surface area contributed by atoms with Gasteiger partial charge < -0.3 is 9.84 Å². The van der Waals surface area contributed by atoms with Gasteiger partial charge in [0.15, 0.2) is 5.56 Å². The maximum Gasteiger partial charge on any atom is 0.343 e. The second-order valence-corrected chi connectivity index (χ2v) is 3.59. The summed E-state index contributed by atoms with van der Waals surface area (Å²) in [6, 6.07) is 6.82. The summed E-state index contributed by atoms with van der Waals surface area (Å²) in [5, 5.41) is 13.8. The third-order valence-electron chi connectivity index (χ3n) is 2.45. The molecule has 18 heavy (non-hydrogen) atoms. The van der Waals surface area contributed by atoms with E-state index in [1.165, 1.54) is 0 Å². The number of rotatable bonds is 4. The highest BCUT2D eigenvalue weighted by atomic mass is 16.5. The first-order chi connectivity index (χ1) is 8.63. The van der Waals surface area contributed by atoms with Crippen LogP contribution in [0.25, 0.3) is 11.3 Å². The number of carboxylic acid groups (broad SMARTS) is 1. The van der Waals surface area contributed by atoms with Gasteiger partial charge in [-0.15, -0.1) is 0 Å². The molecule has 6 nitrogen and oxygen atoms in total. The molecule has 0 unspecified atom stereocenters. The predicted molar refractivity (Wildman–Crippen MR) is 65.0 cm³/mol. The Morgan fingerprint density at radius 1 is 1.28 bits per heavy atom. The Morgan fingerprint density at radius 2 is 1.94 bits per heavy atom. The first-order valence-corrected chi connectivity index (χ1v) is 5.40. The molecule has 1 aromatic heterocycles. The van der Waals surface area contributed by atoms with Gasteiger partial charge in [0.1, 0.15) is 5.75 Å². The van der Waals surface area contributed by atoms with Gasteiger partial charge in [0.2, 0.25) is 0 Å². The summed E-state index contributed by atoms with van der Waals surface area (Å²) in [4.78, 5) is 22.3. The quantitative estimate of drug-likeness (QED) is 0.763. The molecule has 6 heteroatoms. The molecule has 0 saturated carbocycles. The number of aromatic carboxylic acids is 1. The summed E-state index contributed by atoms with van der Waals surface area (Å²) in [6.07, 6.45) is 0. The van der Waals surface area contributed by atoms with E-state index < -0.39 is 11.5 Å². The van der Waals surface area contributed by atoms with Crippen LogP contribution in [-0.2, 0) is 0 Å². The number of H-pyrrole nitrogens is 2. The fourth-order valence-electron chi connectivity index (χ4n) is 1.66. The molecule has 0 spiro atoms. The van der Waals surface area contributed by atoms with Crippen LogP contribution in [0.3, 0.4) is 0 Å². The zero-order chi connectivity index (χ0) is 13.1. The Kier molecular flexibility index (Phi) is 3.18. The van der Waals surface area contributed by atoms with Crippen molar-refractivity contribution in [1.82, 2.24) is 10.2 Å². The lowest BCUT2D eigenvalue weighted by molar-refractivity contribution is 0.0696. The van der Waals surface area contributed by atoms with Crippen LogP contribution in [0.1, 0.15) is 17.3 Å². The van der Waals surface area contributed by atoms with Crippen molar-refractivity contribution in [3.05, 3.63) is 40.2 Å². The molecule has 2 rings (SSSR count). The number of aromatic nitrogens is 2. The molecule has 3 N–H and O–H groups in total. The van der Waals surface area contributed by atoms with Crippen LogP contribution >= 0.6 is 0 Å². The summed E-state index contributed by atoms with van der Waals surface area (Å²) in [5.74, 6) is -0.572. The van der Waals surface area contributed by atoms with Gasteiger partial charge in [-0.05, 0) is 31.2 Å². The van der Waals surface area contributed by atoms with E-state index in [2.05, 4.69) is 10.2 Å². The van der Waals surface area contributed by atoms with E-state index >= 15 is 0 Å². The van der Waals surface area contributed by atoms with Crippen molar-refractivity contribution in [3.8, 4) is 17.0 Å². The molecule has 1 heterocycles. The fourth-order valence-corrected chi connectivity index (χ4v) is 1.66. The van der Waals surface area contributed by atoms with Crippen molar-refractivity contribution in [2.24, 2.45) is 0 Å². The van der Waals surface area contributed by atoms with Gasteiger partial charge in [-0.3, -0.25) is 15.0 Å². The van der Waals surface area contributed by atoms with E-state index in [9.17, 15) is 9.59 Å². The first kappa shape index (κ1) is 12.0. The standard InChI is InChI=1S/C12H12N2O4/c1-2-18-8-5-3-7(4-6-8)10-9(12(16)17)11(15)14-13-10/h3-6H,2H2,1H3,(H,16,17)(H2,13,14,15). The van der Waals surface area contributed by atoms with E-state index in [1.54, 1.807) is 24.3 Å². The molecular weight excluding hydrogens is 236 g/mol. The molecule has 0 aliphatic rings. The van der Waals surface area contributed by atoms with Crippen LogP contribution in [0, 0.1) is 0 Å². The van der Waals surface area contributed by atoms with Crippen LogP contribution in [0.5, 0.6) is 5.75 Å². The van der Waals surface area contributed by atoms with E-state index in [0.717, 1.165) is 0 Å². The molecule has 0 saturated heterocycles. The van der Waals surface area contributed by atoms with Crippen molar-refractivity contribution >= 4 is 5.97 Å². The lowest BCUT2D eigenvalue weighted by atomic mass is 10.1. The highest BCUT2D eigenvalue weighted by molar-refractivity contribution is 5.94. The molecule has 2 aromatic rings. The van der Waals surface area contributed by atoms with Crippen LogP contribution in [-0.4, -0.2) is 27.9 Å². The molecule has 0 atom stereocenters. The summed E-state index contributed by atoms with van der Waals surface area (Å²) < 4.78 is 5.28. The average molecular weight is 248 g/mol. The van der Waals surface area contributed by atoms with Crippen LogP contribution in [0.4, 0.5) is 0 Å². The lowest BCUT2D eigenvalue weighted by Gasteiger charge is -2.04. The van der Waals surface area contributed by atoms with Crippen LogP contribution in [0.2, 0.25) is 0 Å². The summed E-state index contributed by atoms with van der Waals surface area (Å²) >= 11 is 0. The van der Waals surface area contributed by atoms with Crippen molar-refractivity contribution in [2.45, 2.75) is 6.92 Å². The van der Waals surface area contributed by atoms with Gasteiger partial charge in [-0.25, -0.2) is 4.79 Å². The zero-order valence-corrected chi connectivity index (χ0v) is 9.69. The van der Waals surface area contributed by atoms with Crippen molar-refractivity contribution < 1.29 is 14.6 Å². The van der Waals surface area contributed by atoms with Gasteiger partial charge >= 0.3 is 5.97 Å². The minimum Gasteiger partial charge on any atom is -0.494 e. The monoisotopic (exact) mass is 248 g/mol. The lowest BCUT2D eigenvalue weighted by Crippen LogP contribution is -2.12. The number of nitrogens with one attached hydrogen (secondary N) is 2. The number of carboxylic acids is 1. The third-order valence-corrected chi connectivity index (χ3v) is 2.45. The van der Waals surface area contributed by atoms with Gasteiger partial charge in [-0.2, -0.15) is 0 Å². The maximum atomic E-state index is 11.3. The fraction of sp³-hybridized carbons (Fsp3) is 0.167. The Balaban J connectivity index is 2.43. The second kappa shape index (κ2) is 4.79. The highest BCUT2D eigenvalue weighted by Gasteiger charge is 2.18. The molecule has 0 fully saturated rings. The van der Waals surface area contributed by atoms with Crippen molar-refractivity contribution in [2.75, 3.05) is 6.61 Å².